The van der Waals surface area contributed by atoms with Crippen LogP contribution in [0.2, 0.25) is 0 Å². The number of nitrogens with zero attached hydrogens (tertiary/aromatic N) is 5. The van der Waals surface area contributed by atoms with Gasteiger partial charge in [-0.1, -0.05) is 24.8 Å². The van der Waals surface area contributed by atoms with Crippen LogP contribution in [0, 0.1) is 0 Å². The molecule has 112 valence electrons. The SMILES string of the molecule is CC[C@H](Sc1ccc2nnc(-c3ccccn3)n2n1)C(=O)O. The largest absolute Gasteiger partial charge is 0.480 e. The molecule has 22 heavy (non-hydrogen) atoms. The first kappa shape index (κ1) is 14.5. The van der Waals surface area contributed by atoms with Gasteiger partial charge in [0.1, 0.15) is 16.0 Å². The molecule has 0 unspecified atom stereocenters. The third-order valence-corrected chi connectivity index (χ3v) is 4.32. The second-order valence-electron chi connectivity index (χ2n) is 4.53. The average molecular weight is 315 g/mol. The van der Waals surface area contributed by atoms with E-state index in [-0.39, 0.29) is 0 Å². The quantitative estimate of drug-likeness (QED) is 0.721. The third kappa shape index (κ3) is 2.77. The molecule has 0 aliphatic carbocycles. The van der Waals surface area contributed by atoms with Gasteiger partial charge in [0.05, 0.1) is 0 Å². The van der Waals surface area contributed by atoms with Crippen molar-refractivity contribution in [2.45, 2.75) is 23.6 Å². The summed E-state index contributed by atoms with van der Waals surface area (Å²) in [6.45, 7) is 1.84. The highest BCUT2D eigenvalue weighted by Crippen LogP contribution is 2.25. The maximum atomic E-state index is 11.1. The zero-order chi connectivity index (χ0) is 15.5. The van der Waals surface area contributed by atoms with E-state index in [0.29, 0.717) is 28.6 Å². The van der Waals surface area contributed by atoms with Crippen molar-refractivity contribution in [1.82, 2.24) is 24.8 Å². The Hall–Kier alpha value is -2.48. The Labute approximate surface area is 130 Å². The Bertz CT molecular complexity index is 805. The number of hydrogen-bond donors (Lipinski definition) is 1. The van der Waals surface area contributed by atoms with Crippen molar-refractivity contribution in [3.63, 3.8) is 0 Å². The summed E-state index contributed by atoms with van der Waals surface area (Å²) in [7, 11) is 0. The molecule has 0 spiro atoms. The number of fused-ring (bicyclic) bond motifs is 1. The highest BCUT2D eigenvalue weighted by Gasteiger charge is 2.18. The van der Waals surface area contributed by atoms with Gasteiger partial charge in [-0.25, -0.2) is 0 Å². The highest BCUT2D eigenvalue weighted by atomic mass is 32.2. The maximum Gasteiger partial charge on any atom is 0.317 e. The number of carbonyl (C=O) groups is 1. The molecule has 1 N–H and O–H groups in total. The van der Waals surface area contributed by atoms with Crippen LogP contribution in [0.1, 0.15) is 13.3 Å². The van der Waals surface area contributed by atoms with Gasteiger partial charge in [0.15, 0.2) is 5.65 Å². The predicted octanol–water partition coefficient (Wildman–Crippen LogP) is 2.14. The molecule has 3 heterocycles. The lowest BCUT2D eigenvalue weighted by atomic mass is 10.3. The zero-order valence-corrected chi connectivity index (χ0v) is 12.6. The fraction of sp³-hybridized carbons (Fsp3) is 0.214. The molecule has 3 aromatic heterocycles. The molecular formula is C14H13N5O2S. The molecule has 0 saturated carbocycles. The second-order valence-corrected chi connectivity index (χ2v) is 5.76. The van der Waals surface area contributed by atoms with E-state index in [0.717, 1.165) is 0 Å². The monoisotopic (exact) mass is 315 g/mol. The molecule has 0 saturated heterocycles. The number of hydrogen-bond acceptors (Lipinski definition) is 6. The van der Waals surface area contributed by atoms with E-state index in [1.54, 1.807) is 22.8 Å². The second kappa shape index (κ2) is 6.10. The van der Waals surface area contributed by atoms with Crippen LogP contribution < -0.4 is 0 Å². The van der Waals surface area contributed by atoms with E-state index in [2.05, 4.69) is 20.3 Å². The minimum absolute atomic E-state index is 0.523. The Morgan fingerprint density at radius 1 is 1.32 bits per heavy atom. The van der Waals surface area contributed by atoms with Gasteiger partial charge in [0.25, 0.3) is 0 Å². The molecule has 8 heteroatoms. The predicted molar refractivity (Wildman–Crippen MR) is 81.6 cm³/mol. The maximum absolute atomic E-state index is 11.1. The summed E-state index contributed by atoms with van der Waals surface area (Å²) in [5, 5.41) is 21.8. The summed E-state index contributed by atoms with van der Waals surface area (Å²) in [4.78, 5) is 15.4. The number of rotatable bonds is 5. The standard InChI is InChI=1S/C14H13N5O2S/c1-2-10(14(20)21)22-12-7-6-11-16-17-13(19(11)18-12)9-5-3-4-8-15-9/h3-8,10H,2H2,1H3,(H,20,21)/t10-/m0/s1. The van der Waals surface area contributed by atoms with Gasteiger partial charge in [-0.15, -0.1) is 10.2 Å². The summed E-state index contributed by atoms with van der Waals surface area (Å²) in [5.41, 5.74) is 1.25. The number of aromatic nitrogens is 5. The van der Waals surface area contributed by atoms with Crippen molar-refractivity contribution in [3.8, 4) is 11.5 Å². The number of carboxylic acid groups (broad SMARTS) is 1. The minimum atomic E-state index is -0.844. The van der Waals surface area contributed by atoms with Gasteiger partial charge < -0.3 is 5.11 Å². The van der Waals surface area contributed by atoms with Crippen LogP contribution >= 0.6 is 11.8 Å². The van der Waals surface area contributed by atoms with Crippen LogP contribution in [-0.4, -0.2) is 41.1 Å². The van der Waals surface area contributed by atoms with E-state index < -0.39 is 11.2 Å². The van der Waals surface area contributed by atoms with Crippen LogP contribution in [0.15, 0.2) is 41.6 Å². The molecule has 0 radical (unpaired) electrons. The summed E-state index contributed by atoms with van der Waals surface area (Å²) < 4.78 is 1.58. The number of thioether (sulfide) groups is 1. The first-order chi connectivity index (χ1) is 10.7. The highest BCUT2D eigenvalue weighted by molar-refractivity contribution is 8.00. The lowest BCUT2D eigenvalue weighted by molar-refractivity contribution is -0.136. The normalized spacial score (nSPS) is 12.4. The molecule has 7 nitrogen and oxygen atoms in total. The molecule has 0 amide bonds. The van der Waals surface area contributed by atoms with Crippen molar-refractivity contribution in [3.05, 3.63) is 36.5 Å². The Balaban J connectivity index is 2.00. The summed E-state index contributed by atoms with van der Waals surface area (Å²) in [6.07, 6.45) is 2.20. The van der Waals surface area contributed by atoms with Gasteiger partial charge in [0, 0.05) is 6.20 Å². The van der Waals surface area contributed by atoms with E-state index in [4.69, 9.17) is 5.11 Å². The molecule has 3 aromatic rings. The molecule has 0 aliphatic rings. The Morgan fingerprint density at radius 3 is 2.86 bits per heavy atom. The number of pyridine rings is 1. The van der Waals surface area contributed by atoms with Gasteiger partial charge >= 0.3 is 5.97 Å². The first-order valence-electron chi connectivity index (χ1n) is 6.72. The van der Waals surface area contributed by atoms with E-state index >= 15 is 0 Å². The Morgan fingerprint density at radius 2 is 2.18 bits per heavy atom. The minimum Gasteiger partial charge on any atom is -0.480 e. The molecule has 0 fully saturated rings. The van der Waals surface area contributed by atoms with Gasteiger partial charge in [0.2, 0.25) is 5.82 Å². The molecule has 0 bridgehead atoms. The van der Waals surface area contributed by atoms with Crippen molar-refractivity contribution in [1.29, 1.82) is 0 Å². The van der Waals surface area contributed by atoms with E-state index in [1.807, 2.05) is 25.1 Å². The Kier molecular flexibility index (Phi) is 4.01. The molecule has 0 aromatic carbocycles. The van der Waals surface area contributed by atoms with Crippen LogP contribution in [0.25, 0.3) is 17.2 Å². The lowest BCUT2D eigenvalue weighted by Gasteiger charge is -2.08. The van der Waals surface area contributed by atoms with Gasteiger partial charge in [-0.3, -0.25) is 9.78 Å². The molecular weight excluding hydrogens is 302 g/mol. The van der Waals surface area contributed by atoms with E-state index in [9.17, 15) is 4.79 Å². The number of aliphatic carboxylic acids is 1. The van der Waals surface area contributed by atoms with Crippen molar-refractivity contribution in [2.75, 3.05) is 0 Å². The fourth-order valence-electron chi connectivity index (χ4n) is 1.94. The smallest absolute Gasteiger partial charge is 0.317 e. The van der Waals surface area contributed by atoms with Crippen molar-refractivity contribution in [2.24, 2.45) is 0 Å². The van der Waals surface area contributed by atoms with Gasteiger partial charge in [-0.05, 0) is 30.7 Å². The number of carboxylic acids is 1. The average Bonchev–Trinajstić information content (AvgIpc) is 2.96. The molecule has 3 rings (SSSR count). The lowest BCUT2D eigenvalue weighted by Crippen LogP contribution is -2.15. The van der Waals surface area contributed by atoms with Crippen LogP contribution in [-0.2, 0) is 4.79 Å². The van der Waals surface area contributed by atoms with E-state index in [1.165, 1.54) is 11.8 Å². The van der Waals surface area contributed by atoms with Crippen molar-refractivity contribution >= 4 is 23.4 Å². The third-order valence-electron chi connectivity index (χ3n) is 3.04. The zero-order valence-electron chi connectivity index (χ0n) is 11.7. The summed E-state index contributed by atoms with van der Waals surface area (Å²) in [5.74, 6) is -0.315. The van der Waals surface area contributed by atoms with Crippen LogP contribution in [0.5, 0.6) is 0 Å². The van der Waals surface area contributed by atoms with Crippen LogP contribution in [0.3, 0.4) is 0 Å². The van der Waals surface area contributed by atoms with Crippen molar-refractivity contribution < 1.29 is 9.90 Å². The summed E-state index contributed by atoms with van der Waals surface area (Å²) in [6, 6.07) is 9.02. The van der Waals surface area contributed by atoms with Crippen LogP contribution in [0.4, 0.5) is 0 Å². The van der Waals surface area contributed by atoms with Gasteiger partial charge in [-0.2, -0.15) is 9.61 Å². The molecule has 0 aliphatic heterocycles. The topological polar surface area (TPSA) is 93.3 Å². The summed E-state index contributed by atoms with van der Waals surface area (Å²) >= 11 is 1.21. The fourth-order valence-corrected chi connectivity index (χ4v) is 2.78. The first-order valence-corrected chi connectivity index (χ1v) is 7.60. The molecule has 1 atom stereocenters.